The van der Waals surface area contributed by atoms with E-state index in [1.807, 2.05) is 35.8 Å². The number of hydrogen-bond acceptors (Lipinski definition) is 3. The van der Waals surface area contributed by atoms with Gasteiger partial charge in [-0.2, -0.15) is 0 Å². The smallest absolute Gasteiger partial charge is 0.246 e. The maximum atomic E-state index is 13.2. The summed E-state index contributed by atoms with van der Waals surface area (Å²) in [5.74, 6) is 0.344. The Labute approximate surface area is 149 Å². The first kappa shape index (κ1) is 17.6. The highest BCUT2D eigenvalue weighted by Gasteiger charge is 2.45. The van der Waals surface area contributed by atoms with Gasteiger partial charge in [0.1, 0.15) is 0 Å². The number of rotatable bonds is 3. The Bertz CT molecular complexity index is 657. The second kappa shape index (κ2) is 7.38. The molecule has 0 bridgehead atoms. The molecular weight excluding hydrogens is 314 g/mol. The summed E-state index contributed by atoms with van der Waals surface area (Å²) in [5.41, 5.74) is 1.87. The molecule has 3 heterocycles. The van der Waals surface area contributed by atoms with Crippen LogP contribution in [0.5, 0.6) is 0 Å². The van der Waals surface area contributed by atoms with Crippen LogP contribution in [-0.2, 0) is 16.1 Å². The minimum atomic E-state index is -0.271. The second-order valence-corrected chi connectivity index (χ2v) is 7.51. The van der Waals surface area contributed by atoms with Crippen LogP contribution < -0.4 is 0 Å². The molecule has 0 N–H and O–H groups in total. The van der Waals surface area contributed by atoms with E-state index >= 15 is 0 Å². The molecular formula is C20H27N3O2. The van der Waals surface area contributed by atoms with Crippen molar-refractivity contribution in [1.82, 2.24) is 14.8 Å². The molecule has 0 radical (unpaired) electrons. The number of pyridine rings is 1. The molecule has 2 saturated heterocycles. The molecule has 3 rings (SSSR count). The zero-order valence-corrected chi connectivity index (χ0v) is 15.2. The van der Waals surface area contributed by atoms with Crippen molar-refractivity contribution in [2.45, 2.75) is 46.1 Å². The Kier molecular flexibility index (Phi) is 5.21. The lowest BCUT2D eigenvalue weighted by Gasteiger charge is -2.46. The van der Waals surface area contributed by atoms with Gasteiger partial charge in [0.05, 0.1) is 5.41 Å². The van der Waals surface area contributed by atoms with Gasteiger partial charge in [0.2, 0.25) is 11.8 Å². The quantitative estimate of drug-likeness (QED) is 0.795. The molecule has 0 unspecified atom stereocenters. The number of carbonyl (C=O) groups is 2. The molecule has 1 spiro atoms. The fourth-order valence-corrected chi connectivity index (χ4v) is 3.97. The molecule has 2 aliphatic rings. The summed E-state index contributed by atoms with van der Waals surface area (Å²) in [7, 11) is 0. The number of nitrogens with zero attached hydrogens (tertiary/aromatic N) is 3. The van der Waals surface area contributed by atoms with E-state index in [1.165, 1.54) is 0 Å². The first-order chi connectivity index (χ1) is 12.0. The predicted octanol–water partition coefficient (Wildman–Crippen LogP) is 2.78. The molecule has 25 heavy (non-hydrogen) atoms. The van der Waals surface area contributed by atoms with E-state index in [4.69, 9.17) is 0 Å². The fraction of sp³-hybridized carbons (Fsp3) is 0.550. The first-order valence-electron chi connectivity index (χ1n) is 9.12. The number of piperidine rings is 2. The molecule has 2 fully saturated rings. The number of hydrogen-bond donors (Lipinski definition) is 0. The van der Waals surface area contributed by atoms with E-state index in [9.17, 15) is 9.59 Å². The number of amides is 2. The maximum Gasteiger partial charge on any atom is 0.246 e. The average molecular weight is 341 g/mol. The van der Waals surface area contributed by atoms with E-state index < -0.39 is 0 Å². The third-order valence-corrected chi connectivity index (χ3v) is 5.39. The van der Waals surface area contributed by atoms with Crippen molar-refractivity contribution in [2.75, 3.05) is 19.6 Å². The Morgan fingerprint density at radius 1 is 1.16 bits per heavy atom. The summed E-state index contributed by atoms with van der Waals surface area (Å²) < 4.78 is 0. The van der Waals surface area contributed by atoms with Crippen molar-refractivity contribution >= 4 is 11.8 Å². The SMILES string of the molecule is CC(C)=CC(=O)N1CCC2(CCCN(Cc3ccncc3)C2=O)CC1. The van der Waals surface area contributed by atoms with Gasteiger partial charge in [0.25, 0.3) is 0 Å². The Morgan fingerprint density at radius 2 is 1.84 bits per heavy atom. The largest absolute Gasteiger partial charge is 0.339 e. The summed E-state index contributed by atoms with van der Waals surface area (Å²) in [4.78, 5) is 33.3. The molecule has 0 atom stereocenters. The van der Waals surface area contributed by atoms with E-state index in [1.54, 1.807) is 18.5 Å². The van der Waals surface area contributed by atoms with Crippen LogP contribution in [0, 0.1) is 5.41 Å². The number of carbonyl (C=O) groups excluding carboxylic acids is 2. The zero-order valence-electron chi connectivity index (χ0n) is 15.2. The highest BCUT2D eigenvalue weighted by Crippen LogP contribution is 2.41. The van der Waals surface area contributed by atoms with Crippen molar-refractivity contribution in [2.24, 2.45) is 5.41 Å². The van der Waals surface area contributed by atoms with Crippen LogP contribution in [-0.4, -0.2) is 46.2 Å². The van der Waals surface area contributed by atoms with Gasteiger partial charge in [-0.3, -0.25) is 14.6 Å². The molecule has 134 valence electrons. The fourth-order valence-electron chi connectivity index (χ4n) is 3.97. The van der Waals surface area contributed by atoms with Gasteiger partial charge in [0, 0.05) is 44.6 Å². The molecule has 1 aromatic rings. The van der Waals surface area contributed by atoms with Crippen molar-refractivity contribution < 1.29 is 9.59 Å². The van der Waals surface area contributed by atoms with Crippen LogP contribution in [0.1, 0.15) is 45.1 Å². The molecule has 1 aromatic heterocycles. The van der Waals surface area contributed by atoms with Gasteiger partial charge < -0.3 is 9.80 Å². The van der Waals surface area contributed by atoms with E-state index in [-0.39, 0.29) is 17.2 Å². The second-order valence-electron chi connectivity index (χ2n) is 7.51. The van der Waals surface area contributed by atoms with Gasteiger partial charge in [-0.05, 0) is 57.2 Å². The first-order valence-corrected chi connectivity index (χ1v) is 9.12. The zero-order chi connectivity index (χ0) is 17.9. The third-order valence-electron chi connectivity index (χ3n) is 5.39. The van der Waals surface area contributed by atoms with Gasteiger partial charge in [0.15, 0.2) is 0 Å². The number of likely N-dealkylation sites (tertiary alicyclic amines) is 2. The normalized spacial score (nSPS) is 19.8. The predicted molar refractivity (Wildman–Crippen MR) is 96.6 cm³/mol. The Balaban J connectivity index is 1.65. The van der Waals surface area contributed by atoms with Gasteiger partial charge in [-0.15, -0.1) is 0 Å². The van der Waals surface area contributed by atoms with Crippen molar-refractivity contribution in [3.05, 3.63) is 41.7 Å². The van der Waals surface area contributed by atoms with Crippen LogP contribution in [0.15, 0.2) is 36.2 Å². The standard InChI is InChI=1S/C20H27N3O2/c1-16(2)14-18(24)22-12-7-20(8-13-22)6-3-11-23(19(20)25)15-17-4-9-21-10-5-17/h4-5,9-10,14H,3,6-8,11-13,15H2,1-2H3. The lowest BCUT2D eigenvalue weighted by atomic mass is 9.71. The van der Waals surface area contributed by atoms with Gasteiger partial charge in [-0.1, -0.05) is 5.57 Å². The van der Waals surface area contributed by atoms with Crippen LogP contribution in [0.4, 0.5) is 0 Å². The minimum absolute atomic E-state index is 0.0757. The minimum Gasteiger partial charge on any atom is -0.339 e. The third kappa shape index (κ3) is 3.91. The van der Waals surface area contributed by atoms with Crippen molar-refractivity contribution in [3.8, 4) is 0 Å². The van der Waals surface area contributed by atoms with E-state index in [0.29, 0.717) is 19.6 Å². The average Bonchev–Trinajstić information content (AvgIpc) is 2.60. The summed E-state index contributed by atoms with van der Waals surface area (Å²) in [5, 5.41) is 0. The summed E-state index contributed by atoms with van der Waals surface area (Å²) >= 11 is 0. The molecule has 5 nitrogen and oxygen atoms in total. The number of allylic oxidation sites excluding steroid dienone is 1. The Morgan fingerprint density at radius 3 is 2.48 bits per heavy atom. The molecule has 0 aliphatic carbocycles. The van der Waals surface area contributed by atoms with Crippen LogP contribution >= 0.6 is 0 Å². The molecule has 2 aliphatic heterocycles. The lowest BCUT2D eigenvalue weighted by Crippen LogP contribution is -2.53. The summed E-state index contributed by atoms with van der Waals surface area (Å²) in [6, 6.07) is 3.94. The van der Waals surface area contributed by atoms with Gasteiger partial charge >= 0.3 is 0 Å². The van der Waals surface area contributed by atoms with E-state index in [0.717, 1.165) is 43.4 Å². The summed E-state index contributed by atoms with van der Waals surface area (Å²) in [6.45, 7) is 6.71. The molecule has 2 amide bonds. The van der Waals surface area contributed by atoms with Gasteiger partial charge in [-0.25, -0.2) is 0 Å². The van der Waals surface area contributed by atoms with Crippen LogP contribution in [0.25, 0.3) is 0 Å². The highest BCUT2D eigenvalue weighted by atomic mass is 16.2. The molecule has 0 saturated carbocycles. The maximum absolute atomic E-state index is 13.2. The molecule has 5 heteroatoms. The Hall–Kier alpha value is -2.17. The highest BCUT2D eigenvalue weighted by molar-refractivity contribution is 5.89. The van der Waals surface area contributed by atoms with Crippen molar-refractivity contribution in [3.63, 3.8) is 0 Å². The topological polar surface area (TPSA) is 53.5 Å². The number of aromatic nitrogens is 1. The van der Waals surface area contributed by atoms with E-state index in [2.05, 4.69) is 4.98 Å². The molecule has 0 aromatic carbocycles. The monoisotopic (exact) mass is 341 g/mol. The van der Waals surface area contributed by atoms with Crippen LogP contribution in [0.3, 0.4) is 0 Å². The van der Waals surface area contributed by atoms with Crippen molar-refractivity contribution in [1.29, 1.82) is 0 Å². The summed E-state index contributed by atoms with van der Waals surface area (Å²) in [6.07, 6.45) is 8.78. The lowest BCUT2D eigenvalue weighted by molar-refractivity contribution is -0.152. The van der Waals surface area contributed by atoms with Crippen LogP contribution in [0.2, 0.25) is 0 Å².